The van der Waals surface area contributed by atoms with Crippen LogP contribution in [0.3, 0.4) is 0 Å². The number of ether oxygens (including phenoxy) is 1. The van der Waals surface area contributed by atoms with Crippen LogP contribution in [0, 0.1) is 5.92 Å². The molecule has 1 saturated carbocycles. The van der Waals surface area contributed by atoms with Crippen molar-refractivity contribution in [1.29, 1.82) is 0 Å². The first-order chi connectivity index (χ1) is 17.5. The van der Waals surface area contributed by atoms with Crippen LogP contribution in [-0.2, 0) is 22.4 Å². The predicted molar refractivity (Wildman–Crippen MR) is 158 cm³/mol. The van der Waals surface area contributed by atoms with Gasteiger partial charge in [0, 0.05) is 10.4 Å². The Hall–Kier alpha value is -2.21. The van der Waals surface area contributed by atoms with E-state index >= 15 is 0 Å². The van der Waals surface area contributed by atoms with Crippen molar-refractivity contribution in [3.05, 3.63) is 99.5 Å². The Kier molecular flexibility index (Phi) is 8.77. The molecular formula is C32H39BrO3Si. The SMILES string of the molecule is CC(C)(C)[Si](C)(C)OCc1cc(OCc2ccccc2)ccc1C(C(=O)C1CCC1)c1ccc(Br)cc1. The molecule has 0 heterocycles. The van der Waals surface area contributed by atoms with Gasteiger partial charge in [0.05, 0.1) is 12.5 Å². The molecule has 0 bridgehead atoms. The standard InChI is InChI=1S/C32H39BrO3Si/c1-32(2,3)37(4,5)36-22-26-20-28(35-21-23-10-7-6-8-11-23)18-19-29(26)30(31(34)25-12-9-13-25)24-14-16-27(33)17-15-24/h6-8,10-11,14-20,25,30H,9,12-13,21-22H2,1-5H3. The van der Waals surface area contributed by atoms with Gasteiger partial charge in [-0.3, -0.25) is 4.79 Å². The lowest BCUT2D eigenvalue weighted by molar-refractivity contribution is -0.125. The van der Waals surface area contributed by atoms with Crippen LogP contribution in [0.4, 0.5) is 0 Å². The van der Waals surface area contributed by atoms with Gasteiger partial charge in [0.15, 0.2) is 8.32 Å². The van der Waals surface area contributed by atoms with E-state index in [4.69, 9.17) is 9.16 Å². The molecule has 1 aliphatic rings. The van der Waals surface area contributed by atoms with Crippen molar-refractivity contribution < 1.29 is 14.0 Å². The summed E-state index contributed by atoms with van der Waals surface area (Å²) in [4.78, 5) is 13.8. The van der Waals surface area contributed by atoms with Gasteiger partial charge in [-0.1, -0.05) is 91.7 Å². The molecule has 1 aliphatic carbocycles. The van der Waals surface area contributed by atoms with Gasteiger partial charge in [-0.15, -0.1) is 0 Å². The maximum Gasteiger partial charge on any atom is 0.192 e. The summed E-state index contributed by atoms with van der Waals surface area (Å²) in [7, 11) is -2.00. The van der Waals surface area contributed by atoms with Crippen molar-refractivity contribution >= 4 is 30.0 Å². The van der Waals surface area contributed by atoms with Crippen LogP contribution < -0.4 is 4.74 Å². The molecule has 196 valence electrons. The summed E-state index contributed by atoms with van der Waals surface area (Å²) >= 11 is 3.55. The van der Waals surface area contributed by atoms with E-state index in [0.717, 1.165) is 51.7 Å². The van der Waals surface area contributed by atoms with E-state index in [1.54, 1.807) is 0 Å². The topological polar surface area (TPSA) is 35.5 Å². The highest BCUT2D eigenvalue weighted by Gasteiger charge is 2.38. The average molecular weight is 580 g/mol. The monoisotopic (exact) mass is 578 g/mol. The molecular weight excluding hydrogens is 540 g/mol. The minimum atomic E-state index is -2.00. The van der Waals surface area contributed by atoms with E-state index < -0.39 is 8.32 Å². The average Bonchev–Trinajstić information content (AvgIpc) is 2.82. The fraction of sp³-hybridized carbons (Fsp3) is 0.406. The molecule has 0 radical (unpaired) electrons. The molecule has 1 atom stereocenters. The van der Waals surface area contributed by atoms with Gasteiger partial charge in [-0.25, -0.2) is 0 Å². The number of hydrogen-bond donors (Lipinski definition) is 0. The smallest absolute Gasteiger partial charge is 0.192 e. The molecule has 0 N–H and O–H groups in total. The molecule has 0 amide bonds. The van der Waals surface area contributed by atoms with Gasteiger partial charge in [0.1, 0.15) is 18.1 Å². The van der Waals surface area contributed by atoms with Crippen molar-refractivity contribution in [2.75, 3.05) is 0 Å². The Balaban J connectivity index is 1.71. The molecule has 0 spiro atoms. The van der Waals surface area contributed by atoms with E-state index in [9.17, 15) is 4.79 Å². The third-order valence-corrected chi connectivity index (χ3v) is 13.1. The molecule has 37 heavy (non-hydrogen) atoms. The summed E-state index contributed by atoms with van der Waals surface area (Å²) < 4.78 is 13.9. The summed E-state index contributed by atoms with van der Waals surface area (Å²) in [6.45, 7) is 12.3. The number of ketones is 1. The van der Waals surface area contributed by atoms with Crippen LogP contribution in [0.5, 0.6) is 5.75 Å². The van der Waals surface area contributed by atoms with Crippen molar-refractivity contribution in [1.82, 2.24) is 0 Å². The summed E-state index contributed by atoms with van der Waals surface area (Å²) in [5, 5.41) is 0.0987. The molecule has 5 heteroatoms. The quantitative estimate of drug-likeness (QED) is 0.225. The van der Waals surface area contributed by atoms with Crippen molar-refractivity contribution in [2.24, 2.45) is 5.92 Å². The van der Waals surface area contributed by atoms with Crippen molar-refractivity contribution in [3.63, 3.8) is 0 Å². The zero-order chi connectivity index (χ0) is 26.6. The first-order valence-corrected chi connectivity index (χ1v) is 17.0. The number of halogens is 1. The molecule has 0 aliphatic heterocycles. The molecule has 0 aromatic heterocycles. The minimum Gasteiger partial charge on any atom is -0.489 e. The Morgan fingerprint density at radius 2 is 1.65 bits per heavy atom. The summed E-state index contributed by atoms with van der Waals surface area (Å²) in [6, 6.07) is 24.6. The highest BCUT2D eigenvalue weighted by Crippen LogP contribution is 2.41. The van der Waals surface area contributed by atoms with Gasteiger partial charge >= 0.3 is 0 Å². The molecule has 1 unspecified atom stereocenters. The second-order valence-corrected chi connectivity index (χ2v) is 17.4. The molecule has 3 aromatic carbocycles. The summed E-state index contributed by atoms with van der Waals surface area (Å²) in [5.41, 5.74) is 4.23. The van der Waals surface area contributed by atoms with Crippen LogP contribution >= 0.6 is 15.9 Å². The number of hydrogen-bond acceptors (Lipinski definition) is 3. The summed E-state index contributed by atoms with van der Waals surface area (Å²) in [6.07, 6.45) is 3.11. The maximum absolute atomic E-state index is 13.8. The highest BCUT2D eigenvalue weighted by atomic mass is 79.9. The fourth-order valence-corrected chi connectivity index (χ4v) is 5.59. The Bertz CT molecular complexity index is 1190. The number of carbonyl (C=O) groups is 1. The molecule has 3 nitrogen and oxygen atoms in total. The van der Waals surface area contributed by atoms with Gasteiger partial charge < -0.3 is 9.16 Å². The first kappa shape index (κ1) is 27.8. The number of carbonyl (C=O) groups excluding carboxylic acids is 1. The van der Waals surface area contributed by atoms with E-state index in [2.05, 4.69) is 86.2 Å². The van der Waals surface area contributed by atoms with Gasteiger partial charge in [0.25, 0.3) is 0 Å². The lowest BCUT2D eigenvalue weighted by Crippen LogP contribution is -2.40. The van der Waals surface area contributed by atoms with E-state index in [0.29, 0.717) is 19.0 Å². The largest absolute Gasteiger partial charge is 0.489 e. The fourth-order valence-electron chi connectivity index (χ4n) is 4.37. The van der Waals surface area contributed by atoms with Gasteiger partial charge in [-0.05, 0) is 77.5 Å². The Labute approximate surface area is 231 Å². The van der Waals surface area contributed by atoms with Crippen LogP contribution in [0.15, 0.2) is 77.3 Å². The van der Waals surface area contributed by atoms with Crippen molar-refractivity contribution in [3.8, 4) is 5.75 Å². The first-order valence-electron chi connectivity index (χ1n) is 13.3. The summed E-state index contributed by atoms with van der Waals surface area (Å²) in [5.74, 6) is 0.948. The van der Waals surface area contributed by atoms with Crippen LogP contribution in [0.2, 0.25) is 18.1 Å². The normalized spacial score (nSPS) is 15.2. The zero-order valence-electron chi connectivity index (χ0n) is 22.7. The predicted octanol–water partition coefficient (Wildman–Crippen LogP) is 9.05. The maximum atomic E-state index is 13.8. The third-order valence-electron chi connectivity index (χ3n) is 8.06. The molecule has 0 saturated heterocycles. The van der Waals surface area contributed by atoms with Gasteiger partial charge in [0.2, 0.25) is 0 Å². The van der Waals surface area contributed by atoms with Crippen LogP contribution in [0.25, 0.3) is 0 Å². The van der Waals surface area contributed by atoms with E-state index in [-0.39, 0.29) is 16.9 Å². The van der Waals surface area contributed by atoms with Crippen LogP contribution in [0.1, 0.15) is 68.2 Å². The Morgan fingerprint density at radius 3 is 2.24 bits per heavy atom. The third kappa shape index (κ3) is 6.81. The number of benzene rings is 3. The Morgan fingerprint density at radius 1 is 0.973 bits per heavy atom. The lowest BCUT2D eigenvalue weighted by Gasteiger charge is -2.36. The second kappa shape index (κ2) is 11.7. The zero-order valence-corrected chi connectivity index (χ0v) is 25.3. The number of Topliss-reactive ketones (excluding diaryl/α,β-unsaturated/α-hetero) is 1. The highest BCUT2D eigenvalue weighted by molar-refractivity contribution is 9.10. The van der Waals surface area contributed by atoms with E-state index in [1.807, 2.05) is 36.4 Å². The number of rotatable bonds is 10. The molecule has 4 rings (SSSR count). The molecule has 3 aromatic rings. The van der Waals surface area contributed by atoms with E-state index in [1.165, 1.54) is 0 Å². The lowest BCUT2D eigenvalue weighted by atomic mass is 9.73. The second-order valence-electron chi connectivity index (χ2n) is 11.7. The van der Waals surface area contributed by atoms with Gasteiger partial charge in [-0.2, -0.15) is 0 Å². The minimum absolute atomic E-state index is 0.0987. The van der Waals surface area contributed by atoms with Crippen LogP contribution in [-0.4, -0.2) is 14.1 Å². The van der Waals surface area contributed by atoms with Crippen molar-refractivity contribution in [2.45, 2.75) is 77.3 Å². The molecule has 1 fully saturated rings.